The number of hydrogen-bond acceptors (Lipinski definition) is 3. The van der Waals surface area contributed by atoms with E-state index in [2.05, 4.69) is 22.5 Å². The lowest BCUT2D eigenvalue weighted by molar-refractivity contribution is -0.135. The summed E-state index contributed by atoms with van der Waals surface area (Å²) in [5.41, 5.74) is 0.225. The molecule has 0 aromatic carbocycles. The van der Waals surface area contributed by atoms with Crippen molar-refractivity contribution >= 4 is 17.8 Å². The van der Waals surface area contributed by atoms with Crippen LogP contribution in [0.3, 0.4) is 0 Å². The molecule has 1 heterocycles. The highest BCUT2D eigenvalue weighted by molar-refractivity contribution is 6.45. The van der Waals surface area contributed by atoms with Crippen LogP contribution in [0.5, 0.6) is 0 Å². The highest BCUT2D eigenvalue weighted by Gasteiger charge is 2.29. The molecule has 0 aromatic heterocycles. The maximum absolute atomic E-state index is 10.9. The van der Waals surface area contributed by atoms with E-state index in [1.165, 1.54) is 32.1 Å². The lowest BCUT2D eigenvalue weighted by Crippen LogP contribution is -2.30. The maximum Gasteiger partial charge on any atom is 0.316 e. The van der Waals surface area contributed by atoms with E-state index in [0.29, 0.717) is 12.5 Å². The van der Waals surface area contributed by atoms with E-state index in [0.717, 1.165) is 0 Å². The third-order valence-corrected chi connectivity index (χ3v) is 3.35. The first-order valence-corrected chi connectivity index (χ1v) is 5.76. The summed E-state index contributed by atoms with van der Waals surface area (Å²) in [5.74, 6) is -0.929. The van der Waals surface area contributed by atoms with E-state index < -0.39 is 11.8 Å². The van der Waals surface area contributed by atoms with Gasteiger partial charge in [0.2, 0.25) is 5.96 Å². The normalized spacial score (nSPS) is 23.9. The van der Waals surface area contributed by atoms with Crippen molar-refractivity contribution in [1.82, 2.24) is 10.6 Å². The molecule has 0 atom stereocenters. The molecular weight excluding hydrogens is 206 g/mol. The fourth-order valence-electron chi connectivity index (χ4n) is 2.27. The van der Waals surface area contributed by atoms with Crippen molar-refractivity contribution in [1.29, 1.82) is 0 Å². The van der Waals surface area contributed by atoms with Crippen molar-refractivity contribution in [3.05, 3.63) is 0 Å². The summed E-state index contributed by atoms with van der Waals surface area (Å²) in [6.07, 6.45) is 6.15. The molecule has 5 nitrogen and oxygen atoms in total. The standard InChI is InChI=1S/C11H17N3O2/c1-11(5-3-2-4-6-11)7-12-10-13-8(15)9(16)14-10/h2-7H2,1H3,(H2,12,13,14,15,16). The van der Waals surface area contributed by atoms with Gasteiger partial charge < -0.3 is 0 Å². The molecule has 0 unspecified atom stereocenters. The molecule has 5 heteroatoms. The molecule has 1 aliphatic heterocycles. The Labute approximate surface area is 94.7 Å². The van der Waals surface area contributed by atoms with Gasteiger partial charge >= 0.3 is 11.8 Å². The Morgan fingerprint density at radius 3 is 2.25 bits per heavy atom. The summed E-state index contributed by atoms with van der Waals surface area (Å²) in [5, 5.41) is 4.82. The molecule has 0 spiro atoms. The van der Waals surface area contributed by atoms with Gasteiger partial charge in [0.1, 0.15) is 0 Å². The number of nitrogens with zero attached hydrogens (tertiary/aromatic N) is 1. The maximum atomic E-state index is 10.9. The summed E-state index contributed by atoms with van der Waals surface area (Å²) < 4.78 is 0. The molecular formula is C11H17N3O2. The van der Waals surface area contributed by atoms with Gasteiger partial charge in [-0.2, -0.15) is 0 Å². The number of carbonyl (C=O) groups excluding carboxylic acids is 2. The zero-order chi connectivity index (χ0) is 11.6. The molecule has 2 rings (SSSR count). The van der Waals surface area contributed by atoms with Crippen molar-refractivity contribution in [3.8, 4) is 0 Å². The smallest absolute Gasteiger partial charge is 0.288 e. The second-order valence-electron chi connectivity index (χ2n) is 4.94. The summed E-state index contributed by atoms with van der Waals surface area (Å²) in [7, 11) is 0. The second-order valence-corrected chi connectivity index (χ2v) is 4.94. The summed E-state index contributed by atoms with van der Waals surface area (Å²) >= 11 is 0. The summed E-state index contributed by atoms with van der Waals surface area (Å²) in [6, 6.07) is 0. The van der Waals surface area contributed by atoms with Crippen LogP contribution in [0.15, 0.2) is 4.99 Å². The molecule has 1 aliphatic carbocycles. The van der Waals surface area contributed by atoms with Crippen LogP contribution < -0.4 is 10.6 Å². The Hall–Kier alpha value is -1.39. The number of guanidine groups is 1. The third-order valence-electron chi connectivity index (χ3n) is 3.35. The van der Waals surface area contributed by atoms with Gasteiger partial charge in [-0.1, -0.05) is 26.2 Å². The lowest BCUT2D eigenvalue weighted by atomic mass is 9.76. The van der Waals surface area contributed by atoms with Crippen LogP contribution in [0.4, 0.5) is 0 Å². The van der Waals surface area contributed by atoms with Gasteiger partial charge in [-0.3, -0.25) is 25.2 Å². The minimum atomic E-state index is -0.618. The van der Waals surface area contributed by atoms with Crippen LogP contribution in [0.2, 0.25) is 0 Å². The number of carbonyl (C=O) groups is 2. The largest absolute Gasteiger partial charge is 0.316 e. The third kappa shape index (κ3) is 2.40. The predicted molar refractivity (Wildman–Crippen MR) is 59.8 cm³/mol. The first-order chi connectivity index (χ1) is 7.59. The number of rotatable bonds is 2. The monoisotopic (exact) mass is 223 g/mol. The van der Waals surface area contributed by atoms with E-state index in [1.54, 1.807) is 0 Å². The van der Waals surface area contributed by atoms with Crippen molar-refractivity contribution in [2.24, 2.45) is 10.4 Å². The highest BCUT2D eigenvalue weighted by atomic mass is 16.2. The zero-order valence-electron chi connectivity index (χ0n) is 9.51. The Morgan fingerprint density at radius 2 is 1.69 bits per heavy atom. The molecule has 16 heavy (non-hydrogen) atoms. The van der Waals surface area contributed by atoms with Gasteiger partial charge in [-0.05, 0) is 18.3 Å². The molecule has 0 radical (unpaired) electrons. The van der Waals surface area contributed by atoms with Gasteiger partial charge in [-0.25, -0.2) is 0 Å². The molecule has 0 bridgehead atoms. The van der Waals surface area contributed by atoms with E-state index in [4.69, 9.17) is 0 Å². The van der Waals surface area contributed by atoms with Crippen molar-refractivity contribution in [2.45, 2.75) is 39.0 Å². The van der Waals surface area contributed by atoms with Gasteiger partial charge in [0.25, 0.3) is 0 Å². The average molecular weight is 223 g/mol. The molecule has 0 aromatic rings. The van der Waals surface area contributed by atoms with Crippen LogP contribution >= 0.6 is 0 Å². The van der Waals surface area contributed by atoms with Gasteiger partial charge in [0.05, 0.1) is 0 Å². The summed E-state index contributed by atoms with van der Waals surface area (Å²) in [6.45, 7) is 2.89. The molecule has 2 aliphatic rings. The highest BCUT2D eigenvalue weighted by Crippen LogP contribution is 2.35. The molecule has 2 fully saturated rings. The van der Waals surface area contributed by atoms with E-state index in [1.807, 2.05) is 0 Å². The minimum absolute atomic E-state index is 0.225. The zero-order valence-corrected chi connectivity index (χ0v) is 9.51. The number of hydrogen-bond donors (Lipinski definition) is 2. The summed E-state index contributed by atoms with van der Waals surface area (Å²) in [4.78, 5) is 26.1. The average Bonchev–Trinajstić information content (AvgIpc) is 2.57. The number of aliphatic imine (C=N–C) groups is 1. The van der Waals surface area contributed by atoms with Crippen molar-refractivity contribution in [3.63, 3.8) is 0 Å². The SMILES string of the molecule is CC1(CN=C2NC(=O)C(=O)N2)CCCCC1. The molecule has 1 saturated carbocycles. The fourth-order valence-corrected chi connectivity index (χ4v) is 2.27. The molecule has 2 N–H and O–H groups in total. The van der Waals surface area contributed by atoms with Gasteiger partial charge in [0, 0.05) is 6.54 Å². The Morgan fingerprint density at radius 1 is 1.12 bits per heavy atom. The first kappa shape index (κ1) is 11.1. The topological polar surface area (TPSA) is 70.6 Å². The van der Waals surface area contributed by atoms with Crippen LogP contribution in [-0.4, -0.2) is 24.3 Å². The number of nitrogens with one attached hydrogen (secondary N) is 2. The van der Waals surface area contributed by atoms with Crippen LogP contribution in [0.1, 0.15) is 39.0 Å². The van der Waals surface area contributed by atoms with E-state index in [9.17, 15) is 9.59 Å². The van der Waals surface area contributed by atoms with Crippen LogP contribution in [0, 0.1) is 5.41 Å². The molecule has 1 saturated heterocycles. The number of amides is 2. The molecule has 88 valence electrons. The fraction of sp³-hybridized carbons (Fsp3) is 0.727. The lowest BCUT2D eigenvalue weighted by Gasteiger charge is -2.31. The van der Waals surface area contributed by atoms with E-state index in [-0.39, 0.29) is 5.41 Å². The van der Waals surface area contributed by atoms with Crippen molar-refractivity contribution < 1.29 is 9.59 Å². The predicted octanol–water partition coefficient (Wildman–Crippen LogP) is 0.559. The van der Waals surface area contributed by atoms with E-state index >= 15 is 0 Å². The molecule has 2 amide bonds. The second kappa shape index (κ2) is 4.23. The first-order valence-electron chi connectivity index (χ1n) is 5.76. The Bertz CT molecular complexity index is 325. The quantitative estimate of drug-likeness (QED) is 0.671. The van der Waals surface area contributed by atoms with Gasteiger partial charge in [0.15, 0.2) is 0 Å². The Balaban J connectivity index is 1.93. The van der Waals surface area contributed by atoms with Gasteiger partial charge in [-0.15, -0.1) is 0 Å². The van der Waals surface area contributed by atoms with Crippen molar-refractivity contribution in [2.75, 3.05) is 6.54 Å². The van der Waals surface area contributed by atoms with Crippen LogP contribution in [-0.2, 0) is 9.59 Å². The Kier molecular flexibility index (Phi) is 2.94. The van der Waals surface area contributed by atoms with Crippen LogP contribution in [0.25, 0.3) is 0 Å². The minimum Gasteiger partial charge on any atom is -0.288 e.